The maximum Gasteiger partial charge on any atom is 0.308 e. The van der Waals surface area contributed by atoms with Gasteiger partial charge in [0.1, 0.15) is 12.6 Å². The molecule has 5 rings (SSSR count). The van der Waals surface area contributed by atoms with Crippen LogP contribution in [0.5, 0.6) is 0 Å². The molecular weight excluding hydrogens is 356 g/mol. The van der Waals surface area contributed by atoms with Gasteiger partial charge in [0.2, 0.25) is 11.8 Å². The van der Waals surface area contributed by atoms with Gasteiger partial charge in [-0.05, 0) is 61.8 Å². The van der Waals surface area contributed by atoms with E-state index in [0.29, 0.717) is 17.8 Å². The topological polar surface area (TPSA) is 98.5 Å². The monoisotopic (exact) mass is 384 g/mol. The average Bonchev–Trinajstić information content (AvgIpc) is 2.65. The first-order valence-corrected chi connectivity index (χ1v) is 10.2. The molecule has 4 bridgehead atoms. The van der Waals surface area contributed by atoms with Crippen molar-refractivity contribution in [3.05, 3.63) is 35.9 Å². The fraction of sp³-hybridized carbons (Fsp3) is 0.591. The van der Waals surface area contributed by atoms with Crippen LogP contribution in [-0.2, 0) is 25.7 Å². The third kappa shape index (κ3) is 3.91. The number of ether oxygens (including phenoxy) is 1. The molecule has 2 amide bonds. The third-order valence-electron chi connectivity index (χ3n) is 6.78. The summed E-state index contributed by atoms with van der Waals surface area (Å²) in [6, 6.07) is 8.29. The quantitative estimate of drug-likeness (QED) is 0.705. The first kappa shape index (κ1) is 19.0. The molecule has 6 heteroatoms. The van der Waals surface area contributed by atoms with Crippen LogP contribution >= 0.6 is 0 Å². The number of esters is 1. The molecule has 0 saturated heterocycles. The minimum Gasteiger partial charge on any atom is -0.461 e. The standard InChI is InChI=1S/C22H28N2O4/c23-20(26)18(9-19(25)28-13-14-4-2-1-3-5-14)24-21(27)22-10-15-6-16(11-22)8-17(7-15)12-22/h1-5,15-18H,6-13H2,(H2,23,26)(H,24,27)/t15?,16?,17?,18-,22?/m0/s1. The predicted octanol–water partition coefficient (Wildman–Crippen LogP) is 2.31. The molecule has 1 aromatic rings. The van der Waals surface area contributed by atoms with E-state index in [4.69, 9.17) is 10.5 Å². The van der Waals surface area contributed by atoms with Crippen LogP contribution in [0.4, 0.5) is 0 Å². The normalized spacial score (nSPS) is 31.2. The van der Waals surface area contributed by atoms with Gasteiger partial charge in [-0.3, -0.25) is 14.4 Å². The molecule has 6 nitrogen and oxygen atoms in total. The third-order valence-corrected chi connectivity index (χ3v) is 6.78. The van der Waals surface area contributed by atoms with Crippen molar-refractivity contribution in [3.63, 3.8) is 0 Å². The highest BCUT2D eigenvalue weighted by atomic mass is 16.5. The second-order valence-corrected chi connectivity index (χ2v) is 8.98. The van der Waals surface area contributed by atoms with Crippen molar-refractivity contribution >= 4 is 17.8 Å². The van der Waals surface area contributed by atoms with E-state index in [2.05, 4.69) is 5.32 Å². The van der Waals surface area contributed by atoms with Crippen molar-refractivity contribution in [1.29, 1.82) is 0 Å². The number of benzene rings is 1. The molecule has 4 fully saturated rings. The molecule has 4 aliphatic carbocycles. The highest BCUT2D eigenvalue weighted by Gasteiger charge is 2.54. The van der Waals surface area contributed by atoms with Gasteiger partial charge in [-0.15, -0.1) is 0 Å². The Hall–Kier alpha value is -2.37. The van der Waals surface area contributed by atoms with Crippen LogP contribution in [0.2, 0.25) is 0 Å². The van der Waals surface area contributed by atoms with E-state index in [1.807, 2.05) is 30.3 Å². The molecule has 28 heavy (non-hydrogen) atoms. The van der Waals surface area contributed by atoms with Crippen molar-refractivity contribution in [2.24, 2.45) is 28.9 Å². The summed E-state index contributed by atoms with van der Waals surface area (Å²) in [6.45, 7) is 0.133. The van der Waals surface area contributed by atoms with Gasteiger partial charge in [-0.1, -0.05) is 30.3 Å². The largest absolute Gasteiger partial charge is 0.461 e. The summed E-state index contributed by atoms with van der Waals surface area (Å²) in [6.07, 6.45) is 6.16. The minimum absolute atomic E-state index is 0.105. The molecule has 1 atom stereocenters. The van der Waals surface area contributed by atoms with E-state index < -0.39 is 17.9 Å². The Morgan fingerprint density at radius 3 is 2.14 bits per heavy atom. The lowest BCUT2D eigenvalue weighted by Gasteiger charge is -2.55. The predicted molar refractivity (Wildman–Crippen MR) is 103 cm³/mol. The number of carbonyl (C=O) groups excluding carboxylic acids is 3. The summed E-state index contributed by atoms with van der Waals surface area (Å²) in [7, 11) is 0. The van der Waals surface area contributed by atoms with Gasteiger partial charge in [-0.2, -0.15) is 0 Å². The van der Waals surface area contributed by atoms with Crippen LogP contribution in [0, 0.1) is 23.2 Å². The summed E-state index contributed by atoms with van der Waals surface area (Å²) in [5, 5.41) is 2.79. The fourth-order valence-electron chi connectivity index (χ4n) is 5.89. The van der Waals surface area contributed by atoms with Gasteiger partial charge in [0, 0.05) is 5.41 Å². The number of hydrogen-bond acceptors (Lipinski definition) is 4. The molecule has 0 spiro atoms. The molecule has 3 N–H and O–H groups in total. The van der Waals surface area contributed by atoms with Gasteiger partial charge in [0.05, 0.1) is 6.42 Å². The Morgan fingerprint density at radius 1 is 1.04 bits per heavy atom. The van der Waals surface area contributed by atoms with E-state index in [1.54, 1.807) is 0 Å². The molecule has 0 aliphatic heterocycles. The van der Waals surface area contributed by atoms with E-state index >= 15 is 0 Å². The number of nitrogens with two attached hydrogens (primary N) is 1. The van der Waals surface area contributed by atoms with Crippen molar-refractivity contribution in [1.82, 2.24) is 5.32 Å². The Labute approximate surface area is 165 Å². The van der Waals surface area contributed by atoms with Gasteiger partial charge in [0.15, 0.2) is 0 Å². The SMILES string of the molecule is NC(=O)[C@H](CC(=O)OCc1ccccc1)NC(=O)C12CC3CC(CC(C3)C1)C2. The number of nitrogens with one attached hydrogen (secondary N) is 1. The van der Waals surface area contributed by atoms with E-state index in [0.717, 1.165) is 24.8 Å². The maximum atomic E-state index is 13.1. The summed E-state index contributed by atoms with van der Waals surface area (Å²) >= 11 is 0. The van der Waals surface area contributed by atoms with Crippen LogP contribution in [0.25, 0.3) is 0 Å². The van der Waals surface area contributed by atoms with Gasteiger partial charge in [-0.25, -0.2) is 0 Å². The van der Waals surface area contributed by atoms with Crippen molar-refractivity contribution < 1.29 is 19.1 Å². The molecule has 0 aromatic heterocycles. The lowest BCUT2D eigenvalue weighted by Crippen LogP contribution is -2.57. The summed E-state index contributed by atoms with van der Waals surface area (Å²) < 4.78 is 5.24. The lowest BCUT2D eigenvalue weighted by molar-refractivity contribution is -0.151. The van der Waals surface area contributed by atoms with Crippen LogP contribution in [0.15, 0.2) is 30.3 Å². The molecule has 4 saturated carbocycles. The Bertz CT molecular complexity index is 726. The summed E-state index contributed by atoms with van der Waals surface area (Å²) in [4.78, 5) is 37.2. The first-order valence-electron chi connectivity index (χ1n) is 10.2. The molecule has 1 aromatic carbocycles. The van der Waals surface area contributed by atoms with Gasteiger partial charge in [0.25, 0.3) is 0 Å². The highest BCUT2D eigenvalue weighted by molar-refractivity contribution is 5.92. The number of hydrogen-bond donors (Lipinski definition) is 2. The lowest BCUT2D eigenvalue weighted by atomic mass is 9.49. The van der Waals surface area contributed by atoms with Crippen LogP contribution < -0.4 is 11.1 Å². The zero-order chi connectivity index (χ0) is 19.7. The van der Waals surface area contributed by atoms with Gasteiger partial charge >= 0.3 is 5.97 Å². The second kappa shape index (κ2) is 7.57. The smallest absolute Gasteiger partial charge is 0.308 e. The fourth-order valence-corrected chi connectivity index (χ4v) is 5.89. The van der Waals surface area contributed by atoms with E-state index in [-0.39, 0.29) is 24.3 Å². The molecule has 4 aliphatic rings. The zero-order valence-electron chi connectivity index (χ0n) is 16.1. The second-order valence-electron chi connectivity index (χ2n) is 8.98. The minimum atomic E-state index is -1.02. The molecule has 0 radical (unpaired) electrons. The Balaban J connectivity index is 1.35. The average molecular weight is 384 g/mol. The molecule has 0 unspecified atom stereocenters. The highest BCUT2D eigenvalue weighted by Crippen LogP contribution is 2.60. The molecule has 0 heterocycles. The van der Waals surface area contributed by atoms with Gasteiger partial charge < -0.3 is 15.8 Å². The Kier molecular flexibility index (Phi) is 5.13. The molecule has 150 valence electrons. The zero-order valence-corrected chi connectivity index (χ0v) is 16.1. The number of primary amides is 1. The van der Waals surface area contributed by atoms with E-state index in [1.165, 1.54) is 19.3 Å². The Morgan fingerprint density at radius 2 is 1.61 bits per heavy atom. The van der Waals surface area contributed by atoms with Crippen molar-refractivity contribution in [2.45, 2.75) is 57.6 Å². The maximum absolute atomic E-state index is 13.1. The number of carbonyl (C=O) groups is 3. The van der Waals surface area contributed by atoms with E-state index in [9.17, 15) is 14.4 Å². The van der Waals surface area contributed by atoms with Crippen LogP contribution in [0.1, 0.15) is 50.5 Å². The molecular formula is C22H28N2O4. The van der Waals surface area contributed by atoms with Crippen LogP contribution in [-0.4, -0.2) is 23.8 Å². The summed E-state index contributed by atoms with van der Waals surface area (Å²) in [5.74, 6) is 0.527. The summed E-state index contributed by atoms with van der Waals surface area (Å²) in [5.41, 5.74) is 5.96. The number of amides is 2. The van der Waals surface area contributed by atoms with Crippen molar-refractivity contribution in [2.75, 3.05) is 0 Å². The van der Waals surface area contributed by atoms with Crippen LogP contribution in [0.3, 0.4) is 0 Å². The number of rotatable bonds is 7. The van der Waals surface area contributed by atoms with Crippen molar-refractivity contribution in [3.8, 4) is 0 Å². The first-order chi connectivity index (χ1) is 13.4.